The van der Waals surface area contributed by atoms with E-state index in [1.165, 1.54) is 24.6 Å². The van der Waals surface area contributed by atoms with Gasteiger partial charge in [-0.1, -0.05) is 23.5 Å². The van der Waals surface area contributed by atoms with Crippen molar-refractivity contribution >= 4 is 55.5 Å². The van der Waals surface area contributed by atoms with Gasteiger partial charge in [0.05, 0.1) is 15.1 Å². The van der Waals surface area contributed by atoms with Crippen molar-refractivity contribution in [3.05, 3.63) is 70.0 Å². The maximum absolute atomic E-state index is 11.8. The SMILES string of the molecule is CC(=O)c1ccc(Nc2ncnc(Nc3nc4c(C)cccc4s3)c2[N+](=O)[O-])cc1. The first-order valence-electron chi connectivity index (χ1n) is 8.93. The van der Waals surface area contributed by atoms with E-state index in [0.29, 0.717) is 16.4 Å². The van der Waals surface area contributed by atoms with Crippen LogP contribution in [0.1, 0.15) is 22.8 Å². The lowest BCUT2D eigenvalue weighted by molar-refractivity contribution is -0.383. The number of Topliss-reactive ketones (excluding diaryl/α,β-unsaturated/α-hetero) is 1. The van der Waals surface area contributed by atoms with E-state index < -0.39 is 4.92 Å². The quantitative estimate of drug-likeness (QED) is 0.254. The van der Waals surface area contributed by atoms with E-state index in [9.17, 15) is 14.9 Å². The van der Waals surface area contributed by atoms with Crippen LogP contribution in [0.2, 0.25) is 0 Å². The van der Waals surface area contributed by atoms with E-state index >= 15 is 0 Å². The minimum atomic E-state index is -0.548. The number of benzene rings is 2. The van der Waals surface area contributed by atoms with Crippen molar-refractivity contribution in [2.24, 2.45) is 0 Å². The second-order valence-corrected chi connectivity index (χ2v) is 7.53. The second-order valence-electron chi connectivity index (χ2n) is 6.50. The number of hydrogen-bond acceptors (Lipinski definition) is 9. The van der Waals surface area contributed by atoms with Crippen molar-refractivity contribution in [3.63, 3.8) is 0 Å². The molecule has 0 aliphatic rings. The molecule has 10 heteroatoms. The molecule has 30 heavy (non-hydrogen) atoms. The first kappa shape index (κ1) is 19.4. The molecule has 4 aromatic rings. The number of fused-ring (bicyclic) bond motifs is 1. The maximum Gasteiger partial charge on any atom is 0.353 e. The summed E-state index contributed by atoms with van der Waals surface area (Å²) < 4.78 is 0.970. The third-order valence-electron chi connectivity index (χ3n) is 4.41. The number of rotatable bonds is 6. The summed E-state index contributed by atoms with van der Waals surface area (Å²) in [5.74, 6) is 0.00653. The molecule has 2 N–H and O–H groups in total. The molecular formula is C20H16N6O3S. The number of thiazole rings is 1. The highest BCUT2D eigenvalue weighted by Crippen LogP contribution is 2.35. The Hall–Kier alpha value is -3.92. The summed E-state index contributed by atoms with van der Waals surface area (Å²) in [6.45, 7) is 3.43. The van der Waals surface area contributed by atoms with Crippen LogP contribution in [0.15, 0.2) is 48.8 Å². The smallest absolute Gasteiger partial charge is 0.334 e. The number of para-hydroxylation sites is 1. The van der Waals surface area contributed by atoms with E-state index in [1.807, 2.05) is 25.1 Å². The third-order valence-corrected chi connectivity index (χ3v) is 5.34. The van der Waals surface area contributed by atoms with Crippen LogP contribution >= 0.6 is 11.3 Å². The molecule has 0 unspecified atom stereocenters. The van der Waals surface area contributed by atoms with E-state index in [2.05, 4.69) is 25.6 Å². The summed E-state index contributed by atoms with van der Waals surface area (Å²) in [5.41, 5.74) is 2.66. The number of aromatic nitrogens is 3. The van der Waals surface area contributed by atoms with Gasteiger partial charge in [-0.05, 0) is 49.7 Å². The standard InChI is InChI=1S/C20H16N6O3S/c1-11-4-3-5-15-16(11)24-20(30-15)25-19-17(26(28)29)18(21-10-22-19)23-14-8-6-13(7-9-14)12(2)27/h3-10H,1-2H3,(H2,21,22,23,24,25). The maximum atomic E-state index is 11.8. The number of nitrogens with zero attached hydrogens (tertiary/aromatic N) is 4. The van der Waals surface area contributed by atoms with Crippen molar-refractivity contribution in [2.75, 3.05) is 10.6 Å². The van der Waals surface area contributed by atoms with E-state index in [-0.39, 0.29) is 23.1 Å². The van der Waals surface area contributed by atoms with Gasteiger partial charge in [0, 0.05) is 11.3 Å². The lowest BCUT2D eigenvalue weighted by atomic mass is 10.1. The van der Waals surface area contributed by atoms with Gasteiger partial charge in [0.25, 0.3) is 0 Å². The fourth-order valence-corrected chi connectivity index (χ4v) is 3.84. The van der Waals surface area contributed by atoms with Crippen LogP contribution < -0.4 is 10.6 Å². The Morgan fingerprint density at radius 2 is 1.77 bits per heavy atom. The van der Waals surface area contributed by atoms with Gasteiger partial charge >= 0.3 is 5.69 Å². The summed E-state index contributed by atoms with van der Waals surface area (Å²) in [6, 6.07) is 12.4. The van der Waals surface area contributed by atoms with Crippen LogP contribution in [0.25, 0.3) is 10.2 Å². The average molecular weight is 420 g/mol. The molecule has 0 atom stereocenters. The molecular weight excluding hydrogens is 404 g/mol. The number of nitrogens with one attached hydrogen (secondary N) is 2. The predicted molar refractivity (Wildman–Crippen MR) is 116 cm³/mol. The molecule has 9 nitrogen and oxygen atoms in total. The van der Waals surface area contributed by atoms with Crippen LogP contribution in [0.3, 0.4) is 0 Å². The molecule has 0 spiro atoms. The van der Waals surface area contributed by atoms with Crippen molar-refractivity contribution in [2.45, 2.75) is 13.8 Å². The van der Waals surface area contributed by atoms with Gasteiger partial charge in [0.1, 0.15) is 6.33 Å². The Morgan fingerprint density at radius 3 is 2.40 bits per heavy atom. The van der Waals surface area contributed by atoms with Crippen LogP contribution in [-0.2, 0) is 0 Å². The molecule has 0 aliphatic heterocycles. The lowest BCUT2D eigenvalue weighted by Gasteiger charge is -2.09. The highest BCUT2D eigenvalue weighted by atomic mass is 32.1. The summed E-state index contributed by atoms with van der Waals surface area (Å²) in [4.78, 5) is 35.2. The van der Waals surface area contributed by atoms with Crippen LogP contribution in [-0.4, -0.2) is 25.7 Å². The fraction of sp³-hybridized carbons (Fsp3) is 0.100. The van der Waals surface area contributed by atoms with Crippen molar-refractivity contribution < 1.29 is 9.72 Å². The van der Waals surface area contributed by atoms with Gasteiger partial charge in [-0.2, -0.15) is 0 Å². The number of anilines is 4. The molecule has 0 aliphatic carbocycles. The Balaban J connectivity index is 1.67. The topological polar surface area (TPSA) is 123 Å². The van der Waals surface area contributed by atoms with Crippen LogP contribution in [0.4, 0.5) is 28.1 Å². The zero-order valence-electron chi connectivity index (χ0n) is 16.0. The van der Waals surface area contributed by atoms with Crippen molar-refractivity contribution in [1.82, 2.24) is 15.0 Å². The van der Waals surface area contributed by atoms with Crippen LogP contribution in [0, 0.1) is 17.0 Å². The Labute approximate surface area is 175 Å². The third kappa shape index (κ3) is 3.80. The van der Waals surface area contributed by atoms with Gasteiger partial charge in [-0.15, -0.1) is 0 Å². The predicted octanol–water partition coefficient (Wildman–Crippen LogP) is 4.99. The van der Waals surface area contributed by atoms with E-state index in [1.54, 1.807) is 24.3 Å². The monoisotopic (exact) mass is 420 g/mol. The molecule has 0 fully saturated rings. The summed E-state index contributed by atoms with van der Waals surface area (Å²) in [6.07, 6.45) is 1.24. The molecule has 0 radical (unpaired) electrons. The van der Waals surface area contributed by atoms with Gasteiger partial charge in [-0.3, -0.25) is 14.9 Å². The summed E-state index contributed by atoms with van der Waals surface area (Å²) in [5, 5.41) is 18.1. The Morgan fingerprint density at radius 1 is 1.07 bits per heavy atom. The molecule has 0 saturated carbocycles. The molecule has 4 rings (SSSR count). The normalized spacial score (nSPS) is 10.7. The lowest BCUT2D eigenvalue weighted by Crippen LogP contribution is -2.05. The van der Waals surface area contributed by atoms with Crippen LogP contribution in [0.5, 0.6) is 0 Å². The summed E-state index contributed by atoms with van der Waals surface area (Å²) >= 11 is 1.38. The molecule has 150 valence electrons. The van der Waals surface area contributed by atoms with Crippen molar-refractivity contribution in [1.29, 1.82) is 0 Å². The number of aryl methyl sites for hydroxylation is 1. The molecule has 2 aromatic carbocycles. The zero-order chi connectivity index (χ0) is 21.3. The highest BCUT2D eigenvalue weighted by Gasteiger charge is 2.24. The number of hydrogen-bond donors (Lipinski definition) is 2. The minimum Gasteiger partial charge on any atom is -0.334 e. The fourth-order valence-electron chi connectivity index (χ4n) is 2.90. The number of carbonyl (C=O) groups is 1. The largest absolute Gasteiger partial charge is 0.353 e. The molecule has 2 heterocycles. The van der Waals surface area contributed by atoms with Gasteiger partial charge in [-0.25, -0.2) is 15.0 Å². The number of ketones is 1. The molecule has 2 aromatic heterocycles. The number of carbonyl (C=O) groups excluding carboxylic acids is 1. The summed E-state index contributed by atoms with van der Waals surface area (Å²) in [7, 11) is 0. The zero-order valence-corrected chi connectivity index (χ0v) is 16.9. The molecule has 0 bridgehead atoms. The highest BCUT2D eigenvalue weighted by molar-refractivity contribution is 7.22. The minimum absolute atomic E-state index is 0.0327. The molecule has 0 amide bonds. The number of nitro groups is 1. The van der Waals surface area contributed by atoms with E-state index in [4.69, 9.17) is 0 Å². The second kappa shape index (κ2) is 7.84. The van der Waals surface area contributed by atoms with Gasteiger partial charge in [0.15, 0.2) is 10.9 Å². The Kier molecular flexibility index (Phi) is 5.07. The average Bonchev–Trinajstić information content (AvgIpc) is 3.12. The van der Waals surface area contributed by atoms with Gasteiger partial charge in [0.2, 0.25) is 11.6 Å². The first-order valence-corrected chi connectivity index (χ1v) is 9.74. The van der Waals surface area contributed by atoms with E-state index in [0.717, 1.165) is 15.8 Å². The molecule has 0 saturated heterocycles. The first-order chi connectivity index (χ1) is 14.4. The Bertz CT molecular complexity index is 1270. The van der Waals surface area contributed by atoms with Crippen molar-refractivity contribution in [3.8, 4) is 0 Å². The van der Waals surface area contributed by atoms with Gasteiger partial charge < -0.3 is 10.6 Å².